The molecule has 0 saturated heterocycles. The lowest BCUT2D eigenvalue weighted by atomic mass is 9.85. The van der Waals surface area contributed by atoms with E-state index < -0.39 is 23.6 Å². The number of pyridine rings is 1. The van der Waals surface area contributed by atoms with E-state index in [0.717, 1.165) is 6.07 Å². The number of benzene rings is 1. The summed E-state index contributed by atoms with van der Waals surface area (Å²) in [6, 6.07) is 7.08. The number of hydrogen-bond acceptors (Lipinski definition) is 5. The number of alkyl halides is 1. The largest absolute Gasteiger partial charge is 0.460 e. The first-order valence-corrected chi connectivity index (χ1v) is 7.93. The molecule has 2 aromatic rings. The highest BCUT2D eigenvalue weighted by atomic mass is 19.1. The normalized spacial score (nSPS) is 20.9. The van der Waals surface area contributed by atoms with Gasteiger partial charge in [0.1, 0.15) is 11.6 Å². The molecule has 2 N–H and O–H groups in total. The fourth-order valence-corrected chi connectivity index (χ4v) is 2.93. The molecule has 0 fully saturated rings. The monoisotopic (exact) mass is 360 g/mol. The van der Waals surface area contributed by atoms with Gasteiger partial charge in [-0.3, -0.25) is 14.7 Å². The molecular formula is C18H18F2N4O2. The van der Waals surface area contributed by atoms with Crippen LogP contribution < -0.4 is 10.5 Å². The molecule has 136 valence electrons. The summed E-state index contributed by atoms with van der Waals surface area (Å²) in [5, 5.41) is 0. The smallest absolute Gasteiger partial charge is 0.267 e. The van der Waals surface area contributed by atoms with Gasteiger partial charge in [0.05, 0.1) is 5.69 Å². The van der Waals surface area contributed by atoms with Crippen molar-refractivity contribution in [2.45, 2.75) is 25.7 Å². The lowest BCUT2D eigenvalue weighted by molar-refractivity contribution is -0.129. The third-order valence-corrected chi connectivity index (χ3v) is 4.21. The second-order valence-corrected chi connectivity index (χ2v) is 6.05. The lowest BCUT2D eigenvalue weighted by Crippen LogP contribution is -2.41. The van der Waals surface area contributed by atoms with E-state index in [1.54, 1.807) is 25.1 Å². The first-order chi connectivity index (χ1) is 12.3. The molecule has 2 atom stereocenters. The number of likely N-dealkylation sites (N-methyl/N-ethyl adjacent to an activating group) is 1. The molecule has 2 heterocycles. The van der Waals surface area contributed by atoms with Crippen molar-refractivity contribution in [3.8, 4) is 5.75 Å². The Labute approximate surface area is 149 Å². The Morgan fingerprint density at radius 1 is 1.31 bits per heavy atom. The van der Waals surface area contributed by atoms with Crippen LogP contribution in [0.5, 0.6) is 5.75 Å². The van der Waals surface area contributed by atoms with E-state index in [-0.39, 0.29) is 11.7 Å². The van der Waals surface area contributed by atoms with Gasteiger partial charge in [0.15, 0.2) is 5.96 Å². The number of carbonyl (C=O) groups is 1. The first kappa shape index (κ1) is 17.8. The summed E-state index contributed by atoms with van der Waals surface area (Å²) in [7, 11) is 1.48. The molecule has 1 aromatic carbocycles. The summed E-state index contributed by atoms with van der Waals surface area (Å²) in [6.07, 6.45) is -0.218. The highest BCUT2D eigenvalue weighted by molar-refractivity contribution is 6.08. The van der Waals surface area contributed by atoms with E-state index >= 15 is 0 Å². The molecule has 3 rings (SSSR count). The number of guanidine groups is 1. The van der Waals surface area contributed by atoms with Gasteiger partial charge in [-0.25, -0.2) is 13.8 Å². The number of nitrogens with zero attached hydrogens (tertiary/aromatic N) is 3. The van der Waals surface area contributed by atoms with Crippen molar-refractivity contribution in [1.29, 1.82) is 0 Å². The third-order valence-electron chi connectivity index (χ3n) is 4.21. The molecule has 8 heteroatoms. The Bertz CT molecular complexity index is 901. The van der Waals surface area contributed by atoms with E-state index in [1.165, 1.54) is 31.1 Å². The van der Waals surface area contributed by atoms with Crippen LogP contribution in [0.3, 0.4) is 0 Å². The highest BCUT2D eigenvalue weighted by Gasteiger charge is 2.51. The molecule has 1 aliphatic rings. The van der Waals surface area contributed by atoms with Crippen molar-refractivity contribution in [3.63, 3.8) is 0 Å². The molecule has 1 aliphatic heterocycles. The molecule has 6 nitrogen and oxygen atoms in total. The summed E-state index contributed by atoms with van der Waals surface area (Å²) in [5.41, 5.74) is 5.39. The molecule has 26 heavy (non-hydrogen) atoms. The quantitative estimate of drug-likeness (QED) is 0.907. The molecule has 2 unspecified atom stereocenters. The number of aliphatic imine (C=N–C) groups is 1. The standard InChI is InChI=1S/C18H18F2N4O2/c1-10-8-12(4-5-14(10)26-11(2)19)18(15-9-13(20)6-7-22-15)16(25)24(3)17(21)23-18/h4-9,11H,1-3H3,(H2,21,23). The van der Waals surface area contributed by atoms with E-state index in [0.29, 0.717) is 16.9 Å². The fourth-order valence-electron chi connectivity index (χ4n) is 2.93. The average Bonchev–Trinajstić information content (AvgIpc) is 2.81. The predicted octanol–water partition coefficient (Wildman–Crippen LogP) is 2.25. The van der Waals surface area contributed by atoms with Gasteiger partial charge in [0.2, 0.25) is 11.9 Å². The Morgan fingerprint density at radius 2 is 2.04 bits per heavy atom. The zero-order valence-corrected chi connectivity index (χ0v) is 14.5. The highest BCUT2D eigenvalue weighted by Crippen LogP contribution is 2.39. The molecule has 0 spiro atoms. The van der Waals surface area contributed by atoms with Crippen LogP contribution in [0, 0.1) is 12.7 Å². The number of carbonyl (C=O) groups excluding carboxylic acids is 1. The van der Waals surface area contributed by atoms with Crippen LogP contribution in [-0.4, -0.2) is 35.2 Å². The Balaban J connectivity index is 2.21. The van der Waals surface area contributed by atoms with Crippen LogP contribution in [0.15, 0.2) is 41.5 Å². The van der Waals surface area contributed by atoms with Gasteiger partial charge in [-0.15, -0.1) is 0 Å². The van der Waals surface area contributed by atoms with Gasteiger partial charge in [-0.1, -0.05) is 6.07 Å². The molecule has 0 saturated carbocycles. The van der Waals surface area contributed by atoms with E-state index in [9.17, 15) is 13.6 Å². The average molecular weight is 360 g/mol. The minimum absolute atomic E-state index is 0.00331. The minimum Gasteiger partial charge on any atom is -0.460 e. The second-order valence-electron chi connectivity index (χ2n) is 6.05. The zero-order chi connectivity index (χ0) is 19.1. The number of amides is 1. The van der Waals surface area contributed by atoms with Gasteiger partial charge < -0.3 is 10.5 Å². The van der Waals surface area contributed by atoms with Gasteiger partial charge in [-0.2, -0.15) is 0 Å². The molecular weight excluding hydrogens is 342 g/mol. The van der Waals surface area contributed by atoms with Crippen molar-refractivity contribution in [1.82, 2.24) is 9.88 Å². The molecule has 1 aromatic heterocycles. The molecule has 1 amide bonds. The Hall–Kier alpha value is -3.03. The number of rotatable bonds is 4. The number of hydrogen-bond donors (Lipinski definition) is 1. The van der Waals surface area contributed by atoms with Crippen molar-refractivity contribution in [2.24, 2.45) is 10.7 Å². The van der Waals surface area contributed by atoms with Gasteiger partial charge in [-0.05, 0) is 42.3 Å². The van der Waals surface area contributed by atoms with Crippen LogP contribution in [-0.2, 0) is 10.3 Å². The number of nitrogens with two attached hydrogens (primary N) is 1. The maximum Gasteiger partial charge on any atom is 0.267 e. The maximum absolute atomic E-state index is 13.8. The van der Waals surface area contributed by atoms with E-state index in [2.05, 4.69) is 9.98 Å². The van der Waals surface area contributed by atoms with Crippen LogP contribution in [0.4, 0.5) is 8.78 Å². The van der Waals surface area contributed by atoms with Crippen LogP contribution >= 0.6 is 0 Å². The summed E-state index contributed by atoms with van der Waals surface area (Å²) < 4.78 is 32.0. The van der Waals surface area contributed by atoms with E-state index in [4.69, 9.17) is 10.5 Å². The summed E-state index contributed by atoms with van der Waals surface area (Å²) in [4.78, 5) is 22.7. The Kier molecular flexibility index (Phi) is 4.35. The summed E-state index contributed by atoms with van der Waals surface area (Å²) in [6.45, 7) is 2.98. The SMILES string of the molecule is Cc1cc(C2(c3cc(F)ccn3)N=C(N)N(C)C2=O)ccc1OC(C)F. The van der Waals surface area contributed by atoms with Crippen molar-refractivity contribution < 1.29 is 18.3 Å². The summed E-state index contributed by atoms with van der Waals surface area (Å²) in [5.74, 6) is -0.674. The van der Waals surface area contributed by atoms with Crippen LogP contribution in [0.25, 0.3) is 0 Å². The number of ether oxygens (including phenoxy) is 1. The number of aromatic nitrogens is 1. The third kappa shape index (κ3) is 2.77. The Morgan fingerprint density at radius 3 is 2.58 bits per heavy atom. The molecule has 0 aliphatic carbocycles. The van der Waals surface area contributed by atoms with E-state index in [1.807, 2.05) is 0 Å². The molecule has 0 radical (unpaired) electrons. The van der Waals surface area contributed by atoms with Crippen molar-refractivity contribution >= 4 is 11.9 Å². The molecule has 0 bridgehead atoms. The van der Waals surface area contributed by atoms with Gasteiger partial charge >= 0.3 is 0 Å². The fraction of sp³-hybridized carbons (Fsp3) is 0.278. The zero-order valence-electron chi connectivity index (χ0n) is 14.5. The first-order valence-electron chi connectivity index (χ1n) is 7.93. The van der Waals surface area contributed by atoms with Crippen LogP contribution in [0.1, 0.15) is 23.7 Å². The topological polar surface area (TPSA) is 80.8 Å². The van der Waals surface area contributed by atoms with Gasteiger partial charge in [0, 0.05) is 20.2 Å². The minimum atomic E-state index is -1.61. The number of halogens is 2. The van der Waals surface area contributed by atoms with Crippen LogP contribution in [0.2, 0.25) is 0 Å². The lowest BCUT2D eigenvalue weighted by Gasteiger charge is -2.25. The van der Waals surface area contributed by atoms with Crippen molar-refractivity contribution in [3.05, 3.63) is 59.2 Å². The second kappa shape index (κ2) is 6.36. The summed E-state index contributed by atoms with van der Waals surface area (Å²) >= 11 is 0. The maximum atomic E-state index is 13.8. The number of aryl methyl sites for hydroxylation is 1. The predicted molar refractivity (Wildman–Crippen MR) is 91.7 cm³/mol. The van der Waals surface area contributed by atoms with Gasteiger partial charge in [0.25, 0.3) is 5.91 Å². The van der Waals surface area contributed by atoms with Crippen molar-refractivity contribution in [2.75, 3.05) is 7.05 Å².